The van der Waals surface area contributed by atoms with Crippen LogP contribution in [0.25, 0.3) is 0 Å². The molecule has 0 aliphatic carbocycles. The number of carbonyl (C=O) groups is 1. The van der Waals surface area contributed by atoms with Gasteiger partial charge in [0.05, 0.1) is 0 Å². The molecule has 0 radical (unpaired) electrons. The molecule has 1 aromatic heterocycles. The quantitative estimate of drug-likeness (QED) is 0.947. The number of aromatic nitrogens is 1. The first-order valence-corrected chi connectivity index (χ1v) is 7.12. The number of hydrogen-bond acceptors (Lipinski definition) is 3. The zero-order valence-corrected chi connectivity index (χ0v) is 11.9. The van der Waals surface area contributed by atoms with Crippen LogP contribution in [-0.2, 0) is 0 Å². The largest absolute Gasteiger partial charge is 0.357 e. The number of halogens is 2. The molecular formula is C16H15F2N3O. The van der Waals surface area contributed by atoms with Gasteiger partial charge in [-0.15, -0.1) is 0 Å². The maximum absolute atomic E-state index is 13.6. The van der Waals surface area contributed by atoms with Crippen molar-refractivity contribution >= 4 is 17.4 Å². The van der Waals surface area contributed by atoms with Gasteiger partial charge in [-0.25, -0.2) is 13.8 Å². The highest BCUT2D eigenvalue weighted by molar-refractivity contribution is 6.03. The van der Waals surface area contributed by atoms with Crippen LogP contribution in [0.2, 0.25) is 0 Å². The lowest BCUT2D eigenvalue weighted by Crippen LogP contribution is -2.21. The summed E-state index contributed by atoms with van der Waals surface area (Å²) in [6.07, 6.45) is 2.19. The SMILES string of the molecule is O=C(Nc1c(F)cccc1F)c1cccc(N2CCCC2)n1. The summed E-state index contributed by atoms with van der Waals surface area (Å²) >= 11 is 0. The molecule has 2 heterocycles. The zero-order valence-electron chi connectivity index (χ0n) is 11.9. The first-order valence-electron chi connectivity index (χ1n) is 7.12. The fourth-order valence-corrected chi connectivity index (χ4v) is 2.47. The molecule has 1 N–H and O–H groups in total. The fraction of sp³-hybridized carbons (Fsp3) is 0.250. The molecule has 1 saturated heterocycles. The van der Waals surface area contributed by atoms with Crippen molar-refractivity contribution in [3.8, 4) is 0 Å². The van der Waals surface area contributed by atoms with Gasteiger partial charge in [-0.05, 0) is 37.1 Å². The van der Waals surface area contributed by atoms with Crippen molar-refractivity contribution in [1.29, 1.82) is 0 Å². The van der Waals surface area contributed by atoms with E-state index in [4.69, 9.17) is 0 Å². The number of para-hydroxylation sites is 1. The Bertz CT molecular complexity index is 679. The topological polar surface area (TPSA) is 45.2 Å². The molecule has 0 atom stereocenters. The van der Waals surface area contributed by atoms with E-state index >= 15 is 0 Å². The van der Waals surface area contributed by atoms with Gasteiger partial charge in [0.25, 0.3) is 5.91 Å². The Morgan fingerprint density at radius 1 is 1.05 bits per heavy atom. The van der Waals surface area contributed by atoms with Crippen LogP contribution in [0.5, 0.6) is 0 Å². The Morgan fingerprint density at radius 2 is 1.68 bits per heavy atom. The first kappa shape index (κ1) is 14.4. The van der Waals surface area contributed by atoms with Crippen LogP contribution < -0.4 is 10.2 Å². The van der Waals surface area contributed by atoms with Crippen LogP contribution in [0.4, 0.5) is 20.3 Å². The number of amides is 1. The van der Waals surface area contributed by atoms with Gasteiger partial charge in [-0.1, -0.05) is 12.1 Å². The summed E-state index contributed by atoms with van der Waals surface area (Å²) in [5.41, 5.74) is -0.326. The minimum absolute atomic E-state index is 0.132. The molecule has 3 rings (SSSR count). The maximum Gasteiger partial charge on any atom is 0.274 e. The molecule has 1 aromatic carbocycles. The molecule has 0 bridgehead atoms. The Labute approximate surface area is 126 Å². The van der Waals surface area contributed by atoms with Crippen molar-refractivity contribution < 1.29 is 13.6 Å². The van der Waals surface area contributed by atoms with Crippen molar-refractivity contribution in [1.82, 2.24) is 4.98 Å². The number of anilines is 2. The Morgan fingerprint density at radius 3 is 2.36 bits per heavy atom. The number of nitrogens with zero attached hydrogens (tertiary/aromatic N) is 2. The van der Waals surface area contributed by atoms with E-state index in [0.717, 1.165) is 38.1 Å². The molecule has 1 aliphatic heterocycles. The van der Waals surface area contributed by atoms with Crippen LogP contribution in [0.3, 0.4) is 0 Å². The first-order chi connectivity index (χ1) is 10.6. The molecular weight excluding hydrogens is 288 g/mol. The van der Waals surface area contributed by atoms with Gasteiger partial charge in [0.15, 0.2) is 0 Å². The average Bonchev–Trinajstić information content (AvgIpc) is 3.05. The van der Waals surface area contributed by atoms with Crippen molar-refractivity contribution in [3.63, 3.8) is 0 Å². The molecule has 4 nitrogen and oxygen atoms in total. The molecule has 22 heavy (non-hydrogen) atoms. The second-order valence-corrected chi connectivity index (χ2v) is 5.13. The van der Waals surface area contributed by atoms with Crippen LogP contribution in [0.15, 0.2) is 36.4 Å². The number of hydrogen-bond donors (Lipinski definition) is 1. The van der Waals surface area contributed by atoms with E-state index in [1.54, 1.807) is 6.07 Å². The average molecular weight is 303 g/mol. The third-order valence-electron chi connectivity index (χ3n) is 3.60. The van der Waals surface area contributed by atoms with E-state index in [9.17, 15) is 13.6 Å². The van der Waals surface area contributed by atoms with Gasteiger partial charge in [0.2, 0.25) is 0 Å². The van der Waals surface area contributed by atoms with Crippen molar-refractivity contribution in [2.45, 2.75) is 12.8 Å². The summed E-state index contributed by atoms with van der Waals surface area (Å²) in [6, 6.07) is 8.48. The lowest BCUT2D eigenvalue weighted by Gasteiger charge is -2.16. The highest BCUT2D eigenvalue weighted by Gasteiger charge is 2.17. The molecule has 2 aromatic rings. The normalized spacial score (nSPS) is 14.2. The van der Waals surface area contributed by atoms with E-state index in [1.165, 1.54) is 12.1 Å². The van der Waals surface area contributed by atoms with Crippen LogP contribution in [0.1, 0.15) is 23.3 Å². The third kappa shape index (κ3) is 2.90. The van der Waals surface area contributed by atoms with Gasteiger partial charge in [-0.3, -0.25) is 4.79 Å². The minimum Gasteiger partial charge on any atom is -0.357 e. The maximum atomic E-state index is 13.6. The lowest BCUT2D eigenvalue weighted by atomic mass is 10.2. The number of rotatable bonds is 3. The molecule has 0 saturated carbocycles. The fourth-order valence-electron chi connectivity index (χ4n) is 2.47. The summed E-state index contributed by atoms with van der Waals surface area (Å²) in [6.45, 7) is 1.81. The highest BCUT2D eigenvalue weighted by Crippen LogP contribution is 2.20. The van der Waals surface area contributed by atoms with E-state index < -0.39 is 23.2 Å². The second-order valence-electron chi connectivity index (χ2n) is 5.13. The zero-order chi connectivity index (χ0) is 15.5. The minimum atomic E-state index is -0.816. The molecule has 114 valence electrons. The number of pyridine rings is 1. The van der Waals surface area contributed by atoms with Gasteiger partial charge >= 0.3 is 0 Å². The number of benzene rings is 1. The lowest BCUT2D eigenvalue weighted by molar-refractivity contribution is 0.102. The number of nitrogens with one attached hydrogen (secondary N) is 1. The van der Waals surface area contributed by atoms with Gasteiger partial charge < -0.3 is 10.2 Å². The van der Waals surface area contributed by atoms with E-state index in [0.29, 0.717) is 5.82 Å². The van der Waals surface area contributed by atoms with Crippen molar-refractivity contribution in [2.24, 2.45) is 0 Å². The Kier molecular flexibility index (Phi) is 4.00. The van der Waals surface area contributed by atoms with Gasteiger partial charge in [0, 0.05) is 13.1 Å². The Hall–Kier alpha value is -2.50. The van der Waals surface area contributed by atoms with Crippen LogP contribution in [-0.4, -0.2) is 24.0 Å². The van der Waals surface area contributed by atoms with Gasteiger partial charge in [-0.2, -0.15) is 0 Å². The van der Waals surface area contributed by atoms with E-state index in [1.807, 2.05) is 6.07 Å². The predicted octanol–water partition coefficient (Wildman–Crippen LogP) is 3.21. The molecule has 1 fully saturated rings. The summed E-state index contributed by atoms with van der Waals surface area (Å²) in [7, 11) is 0. The van der Waals surface area contributed by atoms with Crippen LogP contribution >= 0.6 is 0 Å². The van der Waals surface area contributed by atoms with Crippen molar-refractivity contribution in [2.75, 3.05) is 23.3 Å². The molecule has 1 aliphatic rings. The second kappa shape index (κ2) is 6.09. The summed E-state index contributed by atoms with van der Waals surface area (Å²) < 4.78 is 27.1. The number of carbonyl (C=O) groups excluding carboxylic acids is 1. The Balaban J connectivity index is 1.82. The molecule has 6 heteroatoms. The highest BCUT2D eigenvalue weighted by atomic mass is 19.1. The predicted molar refractivity (Wildman–Crippen MR) is 80.0 cm³/mol. The third-order valence-corrected chi connectivity index (χ3v) is 3.60. The van der Waals surface area contributed by atoms with E-state index in [-0.39, 0.29) is 5.69 Å². The summed E-state index contributed by atoms with van der Waals surface area (Å²) in [4.78, 5) is 18.5. The van der Waals surface area contributed by atoms with E-state index in [2.05, 4.69) is 15.2 Å². The standard InChI is InChI=1S/C16H15F2N3O/c17-11-5-3-6-12(18)15(11)20-16(22)13-7-4-8-14(19-13)21-9-1-2-10-21/h3-8H,1-2,9-10H2,(H,20,22). The summed E-state index contributed by atoms with van der Waals surface area (Å²) in [5, 5.41) is 2.24. The monoisotopic (exact) mass is 303 g/mol. The molecule has 0 spiro atoms. The van der Waals surface area contributed by atoms with Crippen LogP contribution in [0, 0.1) is 11.6 Å². The molecule has 1 amide bonds. The molecule has 0 unspecified atom stereocenters. The smallest absolute Gasteiger partial charge is 0.274 e. The summed E-state index contributed by atoms with van der Waals surface area (Å²) in [5.74, 6) is -1.56. The van der Waals surface area contributed by atoms with Crippen molar-refractivity contribution in [3.05, 3.63) is 53.7 Å². The van der Waals surface area contributed by atoms with Gasteiger partial charge in [0.1, 0.15) is 28.8 Å².